The van der Waals surface area contributed by atoms with Gasteiger partial charge in [0.2, 0.25) is 5.91 Å². The van der Waals surface area contributed by atoms with E-state index in [1.54, 1.807) is 16.8 Å². The lowest BCUT2D eigenvalue weighted by Gasteiger charge is -2.39. The first-order chi connectivity index (χ1) is 12.9. The molecule has 4 rings (SSSR count). The van der Waals surface area contributed by atoms with Crippen LogP contribution in [0.1, 0.15) is 48.7 Å². The Bertz CT molecular complexity index is 917. The molecule has 0 radical (unpaired) electrons. The van der Waals surface area contributed by atoms with Gasteiger partial charge in [-0.15, -0.1) is 0 Å². The van der Waals surface area contributed by atoms with Gasteiger partial charge in [-0.25, -0.2) is 0 Å². The molecular weight excluding hydrogens is 364 g/mol. The van der Waals surface area contributed by atoms with Crippen LogP contribution in [0.4, 0.5) is 0 Å². The van der Waals surface area contributed by atoms with Crippen molar-refractivity contribution in [2.24, 2.45) is 11.1 Å². The summed E-state index contributed by atoms with van der Waals surface area (Å²) in [6.07, 6.45) is 3.98. The normalized spacial score (nSPS) is 17.9. The SMILES string of the molecule is CC1(CC(=O)N2CCn3nc(-c4cccc(Cl)c4)c(C(N)=O)c3C2)CCC1. The van der Waals surface area contributed by atoms with E-state index in [4.69, 9.17) is 17.3 Å². The minimum absolute atomic E-state index is 0.132. The molecule has 2 heterocycles. The highest BCUT2D eigenvalue weighted by molar-refractivity contribution is 6.30. The summed E-state index contributed by atoms with van der Waals surface area (Å²) in [5, 5.41) is 5.17. The van der Waals surface area contributed by atoms with E-state index in [2.05, 4.69) is 12.0 Å². The number of aromatic nitrogens is 2. The summed E-state index contributed by atoms with van der Waals surface area (Å²) in [5.41, 5.74) is 8.18. The van der Waals surface area contributed by atoms with E-state index in [1.165, 1.54) is 6.42 Å². The first kappa shape index (κ1) is 18.0. The van der Waals surface area contributed by atoms with Gasteiger partial charge in [0, 0.05) is 23.6 Å². The summed E-state index contributed by atoms with van der Waals surface area (Å²) in [6.45, 7) is 3.69. The zero-order chi connectivity index (χ0) is 19.2. The standard InChI is InChI=1S/C20H23ClN4O2/c1-20(6-3-7-20)11-16(26)24-8-9-25-15(12-24)17(19(22)27)18(23-25)13-4-2-5-14(21)10-13/h2,4-5,10H,3,6-9,11-12H2,1H3,(H2,22,27). The number of carbonyl (C=O) groups excluding carboxylic acids is 2. The molecule has 0 unspecified atom stereocenters. The minimum atomic E-state index is -0.536. The van der Waals surface area contributed by atoms with Crippen molar-refractivity contribution in [3.8, 4) is 11.3 Å². The molecule has 1 fully saturated rings. The smallest absolute Gasteiger partial charge is 0.252 e. The number of nitrogens with two attached hydrogens (primary N) is 1. The number of hydrogen-bond donors (Lipinski definition) is 1. The molecule has 27 heavy (non-hydrogen) atoms. The molecule has 1 aliphatic carbocycles. The third-order valence-electron chi connectivity index (χ3n) is 5.82. The monoisotopic (exact) mass is 386 g/mol. The minimum Gasteiger partial charge on any atom is -0.365 e. The van der Waals surface area contributed by atoms with Gasteiger partial charge in [0.1, 0.15) is 5.69 Å². The molecule has 0 spiro atoms. The molecule has 0 atom stereocenters. The second-order valence-corrected chi connectivity index (χ2v) is 8.36. The number of amides is 2. The molecule has 142 valence electrons. The van der Waals surface area contributed by atoms with Crippen molar-refractivity contribution in [2.75, 3.05) is 6.54 Å². The number of carbonyl (C=O) groups is 2. The van der Waals surface area contributed by atoms with Crippen molar-refractivity contribution in [2.45, 2.75) is 45.7 Å². The van der Waals surface area contributed by atoms with Crippen molar-refractivity contribution >= 4 is 23.4 Å². The number of nitrogens with zero attached hydrogens (tertiary/aromatic N) is 3. The Morgan fingerprint density at radius 3 is 2.70 bits per heavy atom. The molecule has 1 aliphatic heterocycles. The van der Waals surface area contributed by atoms with E-state index in [0.29, 0.717) is 48.0 Å². The summed E-state index contributed by atoms with van der Waals surface area (Å²) in [4.78, 5) is 26.8. The fourth-order valence-corrected chi connectivity index (χ4v) is 4.25. The molecule has 1 saturated carbocycles. The van der Waals surface area contributed by atoms with E-state index < -0.39 is 5.91 Å². The van der Waals surface area contributed by atoms with Crippen LogP contribution in [0, 0.1) is 5.41 Å². The summed E-state index contributed by atoms with van der Waals surface area (Å²) in [5.74, 6) is -0.393. The van der Waals surface area contributed by atoms with Crippen molar-refractivity contribution in [3.05, 3.63) is 40.5 Å². The summed E-state index contributed by atoms with van der Waals surface area (Å²) >= 11 is 6.10. The Morgan fingerprint density at radius 2 is 2.07 bits per heavy atom. The molecule has 6 nitrogen and oxygen atoms in total. The predicted octanol–water partition coefficient (Wildman–Crippen LogP) is 3.22. The van der Waals surface area contributed by atoms with Crippen molar-refractivity contribution in [1.29, 1.82) is 0 Å². The summed E-state index contributed by atoms with van der Waals surface area (Å²) in [7, 11) is 0. The summed E-state index contributed by atoms with van der Waals surface area (Å²) in [6, 6.07) is 7.21. The number of fused-ring (bicyclic) bond motifs is 1. The Balaban J connectivity index is 1.64. The molecule has 0 bridgehead atoms. The van der Waals surface area contributed by atoms with Crippen LogP contribution in [-0.2, 0) is 17.9 Å². The van der Waals surface area contributed by atoms with Gasteiger partial charge >= 0.3 is 0 Å². The third-order valence-corrected chi connectivity index (χ3v) is 6.05. The van der Waals surface area contributed by atoms with Gasteiger partial charge in [-0.2, -0.15) is 5.10 Å². The molecule has 1 aromatic heterocycles. The van der Waals surface area contributed by atoms with Gasteiger partial charge in [0.05, 0.1) is 24.3 Å². The van der Waals surface area contributed by atoms with Crippen LogP contribution in [0.25, 0.3) is 11.3 Å². The van der Waals surface area contributed by atoms with Gasteiger partial charge < -0.3 is 10.6 Å². The topological polar surface area (TPSA) is 81.2 Å². The van der Waals surface area contributed by atoms with Crippen molar-refractivity contribution in [1.82, 2.24) is 14.7 Å². The summed E-state index contributed by atoms with van der Waals surface area (Å²) < 4.78 is 1.80. The molecule has 2 N–H and O–H groups in total. The second-order valence-electron chi connectivity index (χ2n) is 7.92. The Hall–Kier alpha value is -2.34. The first-order valence-electron chi connectivity index (χ1n) is 9.29. The third kappa shape index (κ3) is 3.34. The quantitative estimate of drug-likeness (QED) is 0.875. The van der Waals surface area contributed by atoms with E-state index in [1.807, 2.05) is 17.0 Å². The average molecular weight is 387 g/mol. The highest BCUT2D eigenvalue weighted by atomic mass is 35.5. The van der Waals surface area contributed by atoms with Crippen LogP contribution < -0.4 is 5.73 Å². The second kappa shape index (κ2) is 6.68. The molecular formula is C20H23ClN4O2. The van der Waals surface area contributed by atoms with E-state index in [0.717, 1.165) is 18.4 Å². The zero-order valence-electron chi connectivity index (χ0n) is 15.4. The van der Waals surface area contributed by atoms with Gasteiger partial charge in [-0.1, -0.05) is 37.1 Å². The van der Waals surface area contributed by atoms with Crippen LogP contribution in [0.15, 0.2) is 24.3 Å². The predicted molar refractivity (Wildman–Crippen MR) is 103 cm³/mol. The zero-order valence-corrected chi connectivity index (χ0v) is 16.1. The molecule has 2 amide bonds. The van der Waals surface area contributed by atoms with Gasteiger partial charge in [-0.05, 0) is 30.4 Å². The highest BCUT2D eigenvalue weighted by Gasteiger charge is 2.37. The number of rotatable bonds is 4. The highest BCUT2D eigenvalue weighted by Crippen LogP contribution is 2.43. The van der Waals surface area contributed by atoms with Crippen LogP contribution in [-0.4, -0.2) is 33.0 Å². The van der Waals surface area contributed by atoms with Gasteiger partial charge in [-0.3, -0.25) is 14.3 Å². The van der Waals surface area contributed by atoms with Crippen LogP contribution >= 0.6 is 11.6 Å². The Labute approximate surface area is 163 Å². The maximum atomic E-state index is 12.8. The van der Waals surface area contributed by atoms with Crippen molar-refractivity contribution in [3.63, 3.8) is 0 Å². The molecule has 2 aromatic rings. The number of benzene rings is 1. The van der Waals surface area contributed by atoms with E-state index in [-0.39, 0.29) is 11.3 Å². The van der Waals surface area contributed by atoms with Crippen LogP contribution in [0.2, 0.25) is 5.02 Å². The van der Waals surface area contributed by atoms with Crippen LogP contribution in [0.3, 0.4) is 0 Å². The molecule has 7 heteroatoms. The maximum absolute atomic E-state index is 12.8. The Morgan fingerprint density at radius 1 is 1.30 bits per heavy atom. The lowest BCUT2D eigenvalue weighted by molar-refractivity contribution is -0.136. The van der Waals surface area contributed by atoms with Crippen molar-refractivity contribution < 1.29 is 9.59 Å². The fourth-order valence-electron chi connectivity index (χ4n) is 4.06. The largest absolute Gasteiger partial charge is 0.365 e. The fraction of sp³-hybridized carbons (Fsp3) is 0.450. The Kier molecular flexibility index (Phi) is 4.46. The molecule has 2 aliphatic rings. The average Bonchev–Trinajstić information content (AvgIpc) is 2.99. The van der Waals surface area contributed by atoms with E-state index in [9.17, 15) is 9.59 Å². The lowest BCUT2D eigenvalue weighted by Crippen LogP contribution is -2.42. The maximum Gasteiger partial charge on any atom is 0.252 e. The number of primary amides is 1. The number of hydrogen-bond acceptors (Lipinski definition) is 3. The first-order valence-corrected chi connectivity index (χ1v) is 9.67. The molecule has 1 aromatic carbocycles. The van der Waals surface area contributed by atoms with Crippen LogP contribution in [0.5, 0.6) is 0 Å². The molecule has 0 saturated heterocycles. The van der Waals surface area contributed by atoms with Gasteiger partial charge in [0.25, 0.3) is 5.91 Å². The van der Waals surface area contributed by atoms with E-state index >= 15 is 0 Å². The van der Waals surface area contributed by atoms with Gasteiger partial charge in [0.15, 0.2) is 0 Å². The number of halogens is 1. The lowest BCUT2D eigenvalue weighted by atomic mass is 9.68.